The van der Waals surface area contributed by atoms with Gasteiger partial charge in [0.1, 0.15) is 0 Å². The summed E-state index contributed by atoms with van der Waals surface area (Å²) in [6.45, 7) is 5.76. The highest BCUT2D eigenvalue weighted by Gasteiger charge is 2.19. The van der Waals surface area contributed by atoms with Gasteiger partial charge in [0.2, 0.25) is 0 Å². The summed E-state index contributed by atoms with van der Waals surface area (Å²) in [4.78, 5) is 23.8. The van der Waals surface area contributed by atoms with Gasteiger partial charge in [0.25, 0.3) is 5.91 Å². The van der Waals surface area contributed by atoms with E-state index < -0.39 is 18.5 Å². The normalized spacial score (nSPS) is 11.8. The predicted molar refractivity (Wildman–Crippen MR) is 97.2 cm³/mol. The van der Waals surface area contributed by atoms with Crippen molar-refractivity contribution in [3.8, 4) is 0 Å². The number of esters is 1. The number of rotatable bonds is 7. The van der Waals surface area contributed by atoms with Crippen molar-refractivity contribution in [2.24, 2.45) is 5.92 Å². The molecule has 0 aliphatic rings. The van der Waals surface area contributed by atoms with Crippen molar-refractivity contribution in [3.63, 3.8) is 0 Å². The third-order valence-electron chi connectivity index (χ3n) is 3.87. The van der Waals surface area contributed by atoms with Crippen LogP contribution in [0.15, 0.2) is 48.7 Å². The zero-order valence-corrected chi connectivity index (χ0v) is 15.3. The van der Waals surface area contributed by atoms with Crippen LogP contribution in [0.1, 0.15) is 48.4 Å². The molecule has 1 amide bonds. The molecule has 0 saturated carbocycles. The fourth-order valence-electron chi connectivity index (χ4n) is 2.57. The van der Waals surface area contributed by atoms with Crippen LogP contribution >= 0.6 is 0 Å². The van der Waals surface area contributed by atoms with E-state index in [1.807, 2.05) is 19.1 Å². The molecule has 0 aliphatic heterocycles. The summed E-state index contributed by atoms with van der Waals surface area (Å²) in [5, 5.41) is 14.3. The second-order valence-electron chi connectivity index (χ2n) is 6.62. The molecule has 1 N–H and O–H groups in total. The van der Waals surface area contributed by atoms with Gasteiger partial charge in [-0.15, -0.1) is 0 Å². The summed E-state index contributed by atoms with van der Waals surface area (Å²) in [5.41, 5.74) is 2.07. The molecular formula is C20H24N2O4. The van der Waals surface area contributed by atoms with Gasteiger partial charge in [-0.05, 0) is 36.5 Å². The number of aromatic nitrogens is 1. The lowest BCUT2D eigenvalue weighted by Crippen LogP contribution is -2.36. The standard InChI is InChI=1S/C20H24N2O4/c1-14(2)12-16-7-9-17(10-8-16)15(3)21-19(23)13-26-20(24)18-6-4-5-11-22(18)25/h4-11,14-15H,12-13H2,1-3H3,(H,21,23)/t15-/m1/s1. The molecule has 0 unspecified atom stereocenters. The third-order valence-corrected chi connectivity index (χ3v) is 3.87. The Balaban J connectivity index is 1.85. The van der Waals surface area contributed by atoms with E-state index in [2.05, 4.69) is 31.3 Å². The SMILES string of the molecule is CC(C)Cc1ccc([C@@H](C)NC(=O)COC(=O)c2cccc[n+]2[O-])cc1. The van der Waals surface area contributed by atoms with Crippen molar-refractivity contribution in [1.82, 2.24) is 5.32 Å². The van der Waals surface area contributed by atoms with Crippen LogP contribution in [0.3, 0.4) is 0 Å². The quantitative estimate of drug-likeness (QED) is 0.469. The van der Waals surface area contributed by atoms with Gasteiger partial charge in [-0.3, -0.25) is 4.79 Å². The van der Waals surface area contributed by atoms with E-state index >= 15 is 0 Å². The van der Waals surface area contributed by atoms with Gasteiger partial charge >= 0.3 is 11.7 Å². The fraction of sp³-hybridized carbons (Fsp3) is 0.350. The van der Waals surface area contributed by atoms with Crippen LogP contribution in [0.25, 0.3) is 0 Å². The highest BCUT2D eigenvalue weighted by molar-refractivity contribution is 5.88. The molecule has 1 heterocycles. The van der Waals surface area contributed by atoms with Crippen LogP contribution in [0.2, 0.25) is 0 Å². The van der Waals surface area contributed by atoms with Gasteiger partial charge in [-0.1, -0.05) is 38.1 Å². The van der Waals surface area contributed by atoms with Gasteiger partial charge < -0.3 is 15.3 Å². The zero-order chi connectivity index (χ0) is 19.1. The number of hydrogen-bond donors (Lipinski definition) is 1. The van der Waals surface area contributed by atoms with Crippen molar-refractivity contribution in [3.05, 3.63) is 70.7 Å². The minimum atomic E-state index is -0.832. The lowest BCUT2D eigenvalue weighted by Gasteiger charge is -2.15. The Labute approximate surface area is 153 Å². The highest BCUT2D eigenvalue weighted by Crippen LogP contribution is 2.15. The minimum Gasteiger partial charge on any atom is -0.618 e. The van der Waals surface area contributed by atoms with E-state index in [1.54, 1.807) is 6.07 Å². The molecule has 0 fully saturated rings. The lowest BCUT2D eigenvalue weighted by molar-refractivity contribution is -0.608. The summed E-state index contributed by atoms with van der Waals surface area (Å²) >= 11 is 0. The Morgan fingerprint density at radius 2 is 1.81 bits per heavy atom. The van der Waals surface area contributed by atoms with Crippen molar-refractivity contribution in [2.75, 3.05) is 6.61 Å². The molecular weight excluding hydrogens is 332 g/mol. The van der Waals surface area contributed by atoms with Crippen LogP contribution in [0.4, 0.5) is 0 Å². The number of benzene rings is 1. The number of amides is 1. The van der Waals surface area contributed by atoms with Crippen LogP contribution < -0.4 is 10.0 Å². The zero-order valence-electron chi connectivity index (χ0n) is 15.3. The number of carbonyl (C=O) groups excluding carboxylic acids is 2. The van der Waals surface area contributed by atoms with Gasteiger partial charge in [0, 0.05) is 12.1 Å². The summed E-state index contributed by atoms with van der Waals surface area (Å²) in [5.74, 6) is -0.669. The average Bonchev–Trinajstić information content (AvgIpc) is 2.60. The first kappa shape index (κ1) is 19.4. The largest absolute Gasteiger partial charge is 0.618 e. The number of ether oxygens (including phenoxy) is 1. The van der Waals surface area contributed by atoms with Crippen molar-refractivity contribution in [1.29, 1.82) is 0 Å². The first-order valence-electron chi connectivity index (χ1n) is 8.60. The molecule has 0 saturated heterocycles. The number of nitrogens with zero attached hydrogens (tertiary/aromatic N) is 1. The van der Waals surface area contributed by atoms with Crippen molar-refractivity contribution in [2.45, 2.75) is 33.2 Å². The van der Waals surface area contributed by atoms with Crippen LogP contribution in [0, 0.1) is 11.1 Å². The number of hydrogen-bond acceptors (Lipinski definition) is 4. The number of nitrogens with one attached hydrogen (secondary N) is 1. The van der Waals surface area contributed by atoms with E-state index in [0.717, 1.165) is 12.0 Å². The molecule has 26 heavy (non-hydrogen) atoms. The van der Waals surface area contributed by atoms with Gasteiger partial charge in [0.05, 0.1) is 6.04 Å². The van der Waals surface area contributed by atoms with Gasteiger partial charge in [-0.25, -0.2) is 4.79 Å². The molecule has 1 aromatic carbocycles. The number of carbonyl (C=O) groups is 2. The Morgan fingerprint density at radius 3 is 2.42 bits per heavy atom. The van der Waals surface area contributed by atoms with Gasteiger partial charge in [-0.2, -0.15) is 4.73 Å². The smallest absolute Gasteiger partial charge is 0.405 e. The van der Waals surface area contributed by atoms with Crippen molar-refractivity contribution < 1.29 is 19.1 Å². The van der Waals surface area contributed by atoms with E-state index in [0.29, 0.717) is 10.6 Å². The van der Waals surface area contributed by atoms with Crippen LogP contribution in [-0.4, -0.2) is 18.5 Å². The molecule has 6 heteroatoms. The molecule has 2 aromatic rings. The predicted octanol–water partition coefficient (Wildman–Crippen LogP) is 2.55. The molecule has 2 rings (SSSR count). The summed E-state index contributed by atoms with van der Waals surface area (Å²) in [6.07, 6.45) is 2.21. The average molecular weight is 356 g/mol. The summed E-state index contributed by atoms with van der Waals surface area (Å²) in [7, 11) is 0. The maximum atomic E-state index is 12.0. The van der Waals surface area contributed by atoms with E-state index in [4.69, 9.17) is 4.74 Å². The Morgan fingerprint density at radius 1 is 1.12 bits per heavy atom. The van der Waals surface area contributed by atoms with E-state index in [9.17, 15) is 14.8 Å². The molecule has 0 aliphatic carbocycles. The molecule has 138 valence electrons. The molecule has 6 nitrogen and oxygen atoms in total. The fourth-order valence-corrected chi connectivity index (χ4v) is 2.57. The molecule has 0 spiro atoms. The second-order valence-corrected chi connectivity index (χ2v) is 6.62. The first-order valence-corrected chi connectivity index (χ1v) is 8.60. The third kappa shape index (κ3) is 5.58. The topological polar surface area (TPSA) is 82.3 Å². The second kappa shape index (κ2) is 8.99. The monoisotopic (exact) mass is 356 g/mol. The summed E-state index contributed by atoms with van der Waals surface area (Å²) < 4.78 is 5.30. The lowest BCUT2D eigenvalue weighted by atomic mass is 10.00. The van der Waals surface area contributed by atoms with E-state index in [-0.39, 0.29) is 11.7 Å². The van der Waals surface area contributed by atoms with E-state index in [1.165, 1.54) is 23.9 Å². The highest BCUT2D eigenvalue weighted by atomic mass is 16.5. The Hall–Kier alpha value is -2.89. The maximum absolute atomic E-state index is 12.0. The van der Waals surface area contributed by atoms with Crippen molar-refractivity contribution >= 4 is 11.9 Å². The maximum Gasteiger partial charge on any atom is 0.405 e. The van der Waals surface area contributed by atoms with Crippen LogP contribution in [-0.2, 0) is 16.0 Å². The van der Waals surface area contributed by atoms with Crippen LogP contribution in [0.5, 0.6) is 0 Å². The minimum absolute atomic E-state index is 0.158. The Kier molecular flexibility index (Phi) is 6.72. The molecule has 1 aromatic heterocycles. The Bertz CT molecular complexity index is 757. The molecule has 0 bridgehead atoms. The van der Waals surface area contributed by atoms with Gasteiger partial charge in [0.15, 0.2) is 12.8 Å². The summed E-state index contributed by atoms with van der Waals surface area (Å²) in [6, 6.07) is 12.3. The molecule has 0 radical (unpaired) electrons. The first-order chi connectivity index (χ1) is 12.4. The molecule has 1 atom stereocenters. The number of pyridine rings is 1.